The van der Waals surface area contributed by atoms with E-state index >= 15 is 0 Å². The average molecular weight is 485 g/mol. The number of amides is 2. The maximum absolute atomic E-state index is 13.2. The molecule has 1 saturated heterocycles. The van der Waals surface area contributed by atoms with Crippen molar-refractivity contribution >= 4 is 45.2 Å². The zero-order valence-corrected chi connectivity index (χ0v) is 18.0. The molecule has 0 aliphatic carbocycles. The number of carbonyl (C=O) groups excluding carboxylic acids is 2. The molecule has 1 aliphatic rings. The van der Waals surface area contributed by atoms with E-state index in [9.17, 15) is 14.0 Å². The van der Waals surface area contributed by atoms with Crippen LogP contribution >= 0.6 is 27.5 Å². The number of hydrogen-bond donors (Lipinski definition) is 1. The van der Waals surface area contributed by atoms with Crippen LogP contribution in [-0.4, -0.2) is 40.9 Å². The van der Waals surface area contributed by atoms with E-state index in [1.54, 1.807) is 24.0 Å². The fraction of sp³-hybridized carbons (Fsp3) is 0.350. The number of ether oxygens (including phenoxy) is 1. The van der Waals surface area contributed by atoms with Crippen molar-refractivity contribution < 1.29 is 18.7 Å². The molecule has 1 N–H and O–H groups in total. The van der Waals surface area contributed by atoms with Gasteiger partial charge in [0, 0.05) is 25.2 Å². The van der Waals surface area contributed by atoms with Crippen molar-refractivity contribution in [2.24, 2.45) is 5.92 Å². The van der Waals surface area contributed by atoms with Gasteiger partial charge in [-0.3, -0.25) is 9.59 Å². The second-order valence-corrected chi connectivity index (χ2v) is 8.08. The highest BCUT2D eigenvalue weighted by atomic mass is 79.9. The minimum absolute atomic E-state index is 0.119. The third-order valence-corrected chi connectivity index (χ3v) is 5.54. The van der Waals surface area contributed by atoms with E-state index in [-0.39, 0.29) is 17.7 Å². The summed E-state index contributed by atoms with van der Waals surface area (Å²) in [5.41, 5.74) is 0. The fourth-order valence-corrected chi connectivity index (χ4v) is 3.66. The Kier molecular flexibility index (Phi) is 7.08. The maximum Gasteiger partial charge on any atom is 0.263 e. The van der Waals surface area contributed by atoms with E-state index in [0.29, 0.717) is 47.0 Å². The van der Waals surface area contributed by atoms with Gasteiger partial charge in [0.1, 0.15) is 17.4 Å². The molecule has 6 nitrogen and oxygen atoms in total. The number of halogens is 3. The van der Waals surface area contributed by atoms with Crippen LogP contribution < -0.4 is 10.1 Å². The molecule has 154 valence electrons. The van der Waals surface area contributed by atoms with Crippen LogP contribution in [-0.2, 0) is 9.59 Å². The monoisotopic (exact) mass is 483 g/mol. The number of aromatic nitrogens is 1. The lowest BCUT2D eigenvalue weighted by Gasteiger charge is -2.33. The van der Waals surface area contributed by atoms with Gasteiger partial charge in [-0.1, -0.05) is 11.6 Å². The van der Waals surface area contributed by atoms with Crippen molar-refractivity contribution in [2.45, 2.75) is 25.9 Å². The zero-order valence-electron chi connectivity index (χ0n) is 15.7. The third-order valence-electron chi connectivity index (χ3n) is 4.70. The molecule has 1 atom stereocenters. The minimum Gasteiger partial charge on any atom is -0.480 e. The van der Waals surface area contributed by atoms with Crippen LogP contribution in [0.1, 0.15) is 19.8 Å². The van der Waals surface area contributed by atoms with Gasteiger partial charge in [-0.2, -0.15) is 0 Å². The Balaban J connectivity index is 1.50. The molecule has 1 unspecified atom stereocenters. The Morgan fingerprint density at radius 1 is 1.31 bits per heavy atom. The number of piperidine rings is 1. The Morgan fingerprint density at radius 2 is 2.03 bits per heavy atom. The van der Waals surface area contributed by atoms with Gasteiger partial charge in [0.05, 0.1) is 9.50 Å². The molecular formula is C20H20BrClFN3O3. The SMILES string of the molecule is CC(Oc1ccc(F)cc1Br)C(=O)N1CCC(C(=O)Nc2ccc(Cl)cn2)CC1. The van der Waals surface area contributed by atoms with E-state index < -0.39 is 11.9 Å². The van der Waals surface area contributed by atoms with Crippen molar-refractivity contribution in [1.29, 1.82) is 0 Å². The Hall–Kier alpha value is -2.19. The van der Waals surface area contributed by atoms with Gasteiger partial charge >= 0.3 is 0 Å². The van der Waals surface area contributed by atoms with Gasteiger partial charge in [-0.25, -0.2) is 9.37 Å². The molecule has 0 spiro atoms. The van der Waals surface area contributed by atoms with Crippen molar-refractivity contribution in [3.05, 3.63) is 51.8 Å². The highest BCUT2D eigenvalue weighted by Crippen LogP contribution is 2.27. The number of anilines is 1. The van der Waals surface area contributed by atoms with Crippen molar-refractivity contribution in [3.8, 4) is 5.75 Å². The number of pyridine rings is 1. The lowest BCUT2D eigenvalue weighted by molar-refractivity contribution is -0.140. The predicted molar refractivity (Wildman–Crippen MR) is 111 cm³/mol. The lowest BCUT2D eigenvalue weighted by Crippen LogP contribution is -2.46. The van der Waals surface area contributed by atoms with E-state index in [0.717, 1.165) is 0 Å². The van der Waals surface area contributed by atoms with Gasteiger partial charge < -0.3 is 15.0 Å². The first-order chi connectivity index (χ1) is 13.8. The summed E-state index contributed by atoms with van der Waals surface area (Å²) in [5.74, 6) is -0.0240. The highest BCUT2D eigenvalue weighted by Gasteiger charge is 2.30. The summed E-state index contributed by atoms with van der Waals surface area (Å²) in [5, 5.41) is 3.28. The van der Waals surface area contributed by atoms with Crippen LogP contribution in [0.4, 0.5) is 10.2 Å². The molecular weight excluding hydrogens is 465 g/mol. The van der Waals surface area contributed by atoms with E-state index in [2.05, 4.69) is 26.2 Å². The van der Waals surface area contributed by atoms with Crippen LogP contribution in [0.15, 0.2) is 41.0 Å². The maximum atomic E-state index is 13.2. The molecule has 1 aliphatic heterocycles. The molecule has 9 heteroatoms. The van der Waals surface area contributed by atoms with Gasteiger partial charge in [0.15, 0.2) is 6.10 Å². The number of likely N-dealkylation sites (tertiary alicyclic amines) is 1. The molecule has 1 aromatic heterocycles. The topological polar surface area (TPSA) is 71.5 Å². The van der Waals surface area contributed by atoms with Gasteiger partial charge in [0.2, 0.25) is 5.91 Å². The van der Waals surface area contributed by atoms with Crippen LogP contribution in [0, 0.1) is 11.7 Å². The summed E-state index contributed by atoms with van der Waals surface area (Å²) < 4.78 is 19.3. The summed E-state index contributed by atoms with van der Waals surface area (Å²) in [7, 11) is 0. The summed E-state index contributed by atoms with van der Waals surface area (Å²) in [6, 6.07) is 7.34. The molecule has 0 bridgehead atoms. The van der Waals surface area contributed by atoms with Gasteiger partial charge in [-0.05, 0) is 66.0 Å². The Bertz CT molecular complexity index is 889. The number of benzene rings is 1. The van der Waals surface area contributed by atoms with Crippen molar-refractivity contribution in [1.82, 2.24) is 9.88 Å². The lowest BCUT2D eigenvalue weighted by atomic mass is 9.95. The third kappa shape index (κ3) is 5.67. The fourth-order valence-electron chi connectivity index (χ4n) is 3.11. The Labute approximate surface area is 181 Å². The van der Waals surface area contributed by atoms with Crippen LogP contribution in [0.2, 0.25) is 5.02 Å². The normalized spacial score (nSPS) is 15.7. The molecule has 1 aromatic carbocycles. The summed E-state index contributed by atoms with van der Waals surface area (Å²) in [6.07, 6.45) is 1.86. The summed E-state index contributed by atoms with van der Waals surface area (Å²) in [6.45, 7) is 2.58. The molecule has 1 fully saturated rings. The van der Waals surface area contributed by atoms with Gasteiger partial charge in [0.25, 0.3) is 5.91 Å². The molecule has 2 heterocycles. The first-order valence-electron chi connectivity index (χ1n) is 9.16. The molecule has 29 heavy (non-hydrogen) atoms. The van der Waals surface area contributed by atoms with Gasteiger partial charge in [-0.15, -0.1) is 0 Å². The standard InChI is InChI=1S/C20H20BrClFN3O3/c1-12(29-17-4-3-15(23)10-16(17)21)20(28)26-8-6-13(7-9-26)19(27)25-18-5-2-14(22)11-24-18/h2-5,10-13H,6-9H2,1H3,(H,24,25,27). The highest BCUT2D eigenvalue weighted by molar-refractivity contribution is 9.10. The molecule has 2 aromatic rings. The average Bonchev–Trinajstić information content (AvgIpc) is 2.71. The molecule has 2 amide bonds. The molecule has 3 rings (SSSR count). The second kappa shape index (κ2) is 9.54. The number of nitrogens with one attached hydrogen (secondary N) is 1. The molecule has 0 saturated carbocycles. The summed E-state index contributed by atoms with van der Waals surface area (Å²) in [4.78, 5) is 30.8. The largest absolute Gasteiger partial charge is 0.480 e. The van der Waals surface area contributed by atoms with E-state index in [4.69, 9.17) is 16.3 Å². The van der Waals surface area contributed by atoms with Crippen molar-refractivity contribution in [2.75, 3.05) is 18.4 Å². The van der Waals surface area contributed by atoms with E-state index in [1.807, 2.05) is 0 Å². The zero-order chi connectivity index (χ0) is 21.0. The number of carbonyl (C=O) groups is 2. The number of rotatable bonds is 5. The number of hydrogen-bond acceptors (Lipinski definition) is 4. The minimum atomic E-state index is -0.722. The number of nitrogens with zero attached hydrogens (tertiary/aromatic N) is 2. The Morgan fingerprint density at radius 3 is 2.66 bits per heavy atom. The van der Waals surface area contributed by atoms with Crippen LogP contribution in [0.5, 0.6) is 5.75 Å². The predicted octanol–water partition coefficient (Wildman–Crippen LogP) is 4.28. The van der Waals surface area contributed by atoms with Crippen LogP contribution in [0.3, 0.4) is 0 Å². The smallest absolute Gasteiger partial charge is 0.263 e. The van der Waals surface area contributed by atoms with Crippen molar-refractivity contribution in [3.63, 3.8) is 0 Å². The summed E-state index contributed by atoms with van der Waals surface area (Å²) >= 11 is 9.02. The first-order valence-corrected chi connectivity index (χ1v) is 10.3. The first kappa shape index (κ1) is 21.5. The van der Waals surface area contributed by atoms with E-state index in [1.165, 1.54) is 24.4 Å². The second-order valence-electron chi connectivity index (χ2n) is 6.79. The quantitative estimate of drug-likeness (QED) is 0.688. The molecule has 0 radical (unpaired) electrons. The van der Waals surface area contributed by atoms with Crippen LogP contribution in [0.25, 0.3) is 0 Å².